The maximum absolute atomic E-state index is 13.1. The molecule has 0 aliphatic heterocycles. The van der Waals surface area contributed by atoms with Gasteiger partial charge >= 0.3 is 5.97 Å². The van der Waals surface area contributed by atoms with Crippen molar-refractivity contribution >= 4 is 5.97 Å². The van der Waals surface area contributed by atoms with Crippen LogP contribution in [0.3, 0.4) is 0 Å². The molecule has 0 unspecified atom stereocenters. The number of ether oxygens (including phenoxy) is 6. The minimum Gasteiger partial charge on any atom is -0.463 e. The largest absolute Gasteiger partial charge is 0.463 e. The SMILES string of the molecule is C[C@H](C(=O)OCCOCCOCCOCCCOCOCCO)[C@H]1CC[C@H]2[C@@H]3CC[C@H]4C[C@@H](O)CC[C@]4(C)[C@H]3CC[C@]12C. The van der Waals surface area contributed by atoms with Crippen molar-refractivity contribution in [1.82, 2.24) is 0 Å². The summed E-state index contributed by atoms with van der Waals surface area (Å²) in [7, 11) is 0. The number of fused-ring (bicyclic) bond motifs is 5. The lowest BCUT2D eigenvalue weighted by molar-refractivity contribution is -0.157. The van der Waals surface area contributed by atoms with Crippen molar-refractivity contribution in [2.45, 2.75) is 91.1 Å². The Labute approximate surface area is 259 Å². The third kappa shape index (κ3) is 8.93. The summed E-state index contributed by atoms with van der Waals surface area (Å²) in [6.45, 7) is 11.3. The number of rotatable bonds is 19. The van der Waals surface area contributed by atoms with Crippen LogP contribution in [0.2, 0.25) is 0 Å². The van der Waals surface area contributed by atoms with E-state index in [1.807, 2.05) is 0 Å². The van der Waals surface area contributed by atoms with Gasteiger partial charge in [0.15, 0.2) is 0 Å². The van der Waals surface area contributed by atoms with Crippen LogP contribution in [-0.4, -0.2) is 95.1 Å². The molecule has 4 aliphatic carbocycles. The van der Waals surface area contributed by atoms with E-state index >= 15 is 0 Å². The van der Waals surface area contributed by atoms with Gasteiger partial charge in [-0.2, -0.15) is 0 Å². The van der Waals surface area contributed by atoms with Gasteiger partial charge in [-0.3, -0.25) is 4.79 Å². The molecular formula is C34H60O9. The highest BCUT2D eigenvalue weighted by Gasteiger charge is 2.61. The van der Waals surface area contributed by atoms with Gasteiger partial charge in [0.25, 0.3) is 0 Å². The predicted molar refractivity (Wildman–Crippen MR) is 162 cm³/mol. The van der Waals surface area contributed by atoms with E-state index in [9.17, 15) is 9.90 Å². The molecule has 4 rings (SSSR count). The van der Waals surface area contributed by atoms with Crippen LogP contribution in [0, 0.1) is 46.3 Å². The third-order valence-electron chi connectivity index (χ3n) is 11.9. The molecule has 0 spiro atoms. The van der Waals surface area contributed by atoms with Gasteiger partial charge in [0.05, 0.1) is 64.9 Å². The first-order chi connectivity index (χ1) is 20.8. The average molecular weight is 613 g/mol. The van der Waals surface area contributed by atoms with E-state index in [4.69, 9.17) is 33.5 Å². The third-order valence-corrected chi connectivity index (χ3v) is 11.9. The van der Waals surface area contributed by atoms with E-state index in [1.165, 1.54) is 38.5 Å². The number of aliphatic hydroxyl groups excluding tert-OH is 2. The summed E-state index contributed by atoms with van der Waals surface area (Å²) in [5.41, 5.74) is 0.608. The molecule has 9 heteroatoms. The Morgan fingerprint density at radius 1 is 0.744 bits per heavy atom. The lowest BCUT2D eigenvalue weighted by Crippen LogP contribution is -2.54. The zero-order valence-corrected chi connectivity index (χ0v) is 27.1. The van der Waals surface area contributed by atoms with Crippen LogP contribution in [0.5, 0.6) is 0 Å². The summed E-state index contributed by atoms with van der Waals surface area (Å²) in [6.07, 6.45) is 11.3. The molecule has 9 atom stereocenters. The molecule has 0 heterocycles. The van der Waals surface area contributed by atoms with E-state index in [0.717, 1.165) is 37.5 Å². The zero-order chi connectivity index (χ0) is 30.7. The van der Waals surface area contributed by atoms with E-state index in [2.05, 4.69) is 20.8 Å². The highest BCUT2D eigenvalue weighted by Crippen LogP contribution is 2.68. The zero-order valence-electron chi connectivity index (χ0n) is 27.1. The maximum atomic E-state index is 13.1. The summed E-state index contributed by atoms with van der Waals surface area (Å²) < 4.78 is 32.6. The monoisotopic (exact) mass is 612 g/mol. The minimum atomic E-state index is -0.0944. The molecule has 0 bridgehead atoms. The van der Waals surface area contributed by atoms with Crippen LogP contribution in [0.4, 0.5) is 0 Å². The maximum Gasteiger partial charge on any atom is 0.309 e. The highest BCUT2D eigenvalue weighted by molar-refractivity contribution is 5.72. The van der Waals surface area contributed by atoms with E-state index in [0.29, 0.717) is 69.4 Å². The van der Waals surface area contributed by atoms with E-state index in [1.54, 1.807) is 0 Å². The molecule has 250 valence electrons. The lowest BCUT2D eigenvalue weighted by atomic mass is 9.44. The smallest absolute Gasteiger partial charge is 0.309 e. The fourth-order valence-electron chi connectivity index (χ4n) is 9.64. The van der Waals surface area contributed by atoms with Crippen molar-refractivity contribution in [3.8, 4) is 0 Å². The van der Waals surface area contributed by atoms with Crippen LogP contribution in [0.1, 0.15) is 85.0 Å². The van der Waals surface area contributed by atoms with E-state index in [-0.39, 0.29) is 50.0 Å². The Hall–Kier alpha value is -0.810. The Morgan fingerprint density at radius 2 is 1.37 bits per heavy atom. The van der Waals surface area contributed by atoms with Gasteiger partial charge < -0.3 is 38.6 Å². The molecule has 0 aromatic carbocycles. The number of carbonyl (C=O) groups is 1. The fraction of sp³-hybridized carbons (Fsp3) is 0.971. The van der Waals surface area contributed by atoms with Crippen molar-refractivity contribution in [3.63, 3.8) is 0 Å². The Bertz CT molecular complexity index is 826. The second kappa shape index (κ2) is 17.2. The summed E-state index contributed by atoms with van der Waals surface area (Å²) in [5.74, 6) is 3.17. The van der Waals surface area contributed by atoms with Crippen molar-refractivity contribution in [2.75, 3.05) is 72.9 Å². The second-order valence-electron chi connectivity index (χ2n) is 14.1. The molecule has 0 aromatic heterocycles. The van der Waals surface area contributed by atoms with E-state index < -0.39 is 0 Å². The van der Waals surface area contributed by atoms with Crippen molar-refractivity contribution in [1.29, 1.82) is 0 Å². The number of esters is 1. The first-order valence-corrected chi connectivity index (χ1v) is 17.2. The first kappa shape index (κ1) is 35.1. The van der Waals surface area contributed by atoms with Crippen LogP contribution in [0.25, 0.3) is 0 Å². The predicted octanol–water partition coefficient (Wildman–Crippen LogP) is 4.61. The molecule has 4 fully saturated rings. The molecule has 43 heavy (non-hydrogen) atoms. The van der Waals surface area contributed by atoms with Gasteiger partial charge in [-0.1, -0.05) is 20.8 Å². The highest BCUT2D eigenvalue weighted by atomic mass is 16.7. The van der Waals surface area contributed by atoms with Crippen LogP contribution in [0.15, 0.2) is 0 Å². The van der Waals surface area contributed by atoms with Crippen LogP contribution < -0.4 is 0 Å². The molecule has 0 amide bonds. The van der Waals surface area contributed by atoms with Crippen molar-refractivity contribution < 1.29 is 43.4 Å². The Balaban J connectivity index is 1.06. The number of hydrogen-bond donors (Lipinski definition) is 2. The molecule has 4 aliphatic rings. The number of aliphatic hydroxyl groups is 2. The average Bonchev–Trinajstić information content (AvgIpc) is 3.35. The Kier molecular flexibility index (Phi) is 14.0. The quantitative estimate of drug-likeness (QED) is 0.123. The molecule has 0 radical (unpaired) electrons. The lowest BCUT2D eigenvalue weighted by Gasteiger charge is -2.61. The first-order valence-electron chi connectivity index (χ1n) is 17.2. The molecule has 9 nitrogen and oxygen atoms in total. The number of hydrogen-bond acceptors (Lipinski definition) is 9. The topological polar surface area (TPSA) is 113 Å². The standard InChI is InChI=1S/C34H60O9/c1-25(32(37)43-22-21-40-20-19-39-18-17-38-14-4-15-41-24-42-16-13-35)29-7-8-30-28-6-5-26-23-27(36)9-11-33(26,2)31(28)10-12-34(29,30)3/h25-31,35-36H,4-24H2,1-3H3/t25-,26-,27-,28-,29+,30-,31-,33-,34+/m0/s1. The van der Waals surface area contributed by atoms with Gasteiger partial charge in [-0.25, -0.2) is 0 Å². The van der Waals surface area contributed by atoms with Crippen molar-refractivity contribution in [2.24, 2.45) is 46.3 Å². The summed E-state index contributed by atoms with van der Waals surface area (Å²) in [6, 6.07) is 0. The van der Waals surface area contributed by atoms with Gasteiger partial charge in [0, 0.05) is 6.61 Å². The van der Waals surface area contributed by atoms with Crippen LogP contribution >= 0.6 is 0 Å². The molecule has 2 N–H and O–H groups in total. The van der Waals surface area contributed by atoms with Gasteiger partial charge in [0.1, 0.15) is 13.4 Å². The van der Waals surface area contributed by atoms with Crippen LogP contribution in [-0.2, 0) is 33.2 Å². The summed E-state index contributed by atoms with van der Waals surface area (Å²) in [4.78, 5) is 13.1. The van der Waals surface area contributed by atoms with Gasteiger partial charge in [0.2, 0.25) is 0 Å². The van der Waals surface area contributed by atoms with Crippen molar-refractivity contribution in [3.05, 3.63) is 0 Å². The molecular weight excluding hydrogens is 552 g/mol. The second-order valence-corrected chi connectivity index (χ2v) is 14.1. The Morgan fingerprint density at radius 3 is 2.12 bits per heavy atom. The van der Waals surface area contributed by atoms with Gasteiger partial charge in [-0.05, 0) is 105 Å². The van der Waals surface area contributed by atoms with Gasteiger partial charge in [-0.15, -0.1) is 0 Å². The minimum absolute atomic E-state index is 0.000138. The normalized spacial score (nSPS) is 36.0. The summed E-state index contributed by atoms with van der Waals surface area (Å²) in [5, 5.41) is 18.9. The summed E-state index contributed by atoms with van der Waals surface area (Å²) >= 11 is 0. The fourth-order valence-corrected chi connectivity index (χ4v) is 9.64. The molecule has 0 aromatic rings. The molecule has 4 saturated carbocycles. The number of carbonyl (C=O) groups excluding carboxylic acids is 1. The molecule has 0 saturated heterocycles.